The van der Waals surface area contributed by atoms with E-state index < -0.39 is 21.7 Å². The largest absolute Gasteiger partial charge is 0.490 e. The van der Waals surface area contributed by atoms with Gasteiger partial charge in [0.2, 0.25) is 0 Å². The second-order valence-corrected chi connectivity index (χ2v) is 6.63. The lowest BCUT2D eigenvalue weighted by Crippen LogP contribution is -2.21. The maximum atomic E-state index is 11.9. The van der Waals surface area contributed by atoms with Crippen molar-refractivity contribution >= 4 is 15.8 Å². The molecule has 2 rings (SSSR count). The highest BCUT2D eigenvalue weighted by molar-refractivity contribution is 7.91. The highest BCUT2D eigenvalue weighted by Gasteiger charge is 2.34. The van der Waals surface area contributed by atoms with Crippen molar-refractivity contribution in [3.8, 4) is 11.5 Å². The number of ether oxygens (including phenoxy) is 2. The molecule has 0 aromatic heterocycles. The number of rotatable bonds is 4. The Kier molecular flexibility index (Phi) is 4.09. The Hall–Kier alpha value is -1.56. The Morgan fingerprint density at radius 2 is 2.00 bits per heavy atom. The summed E-state index contributed by atoms with van der Waals surface area (Å²) in [7, 11) is -3.09. The van der Waals surface area contributed by atoms with Gasteiger partial charge in [0.1, 0.15) is 0 Å². The first kappa shape index (κ1) is 13.9. The molecule has 1 fully saturated rings. The third kappa shape index (κ3) is 3.47. The first-order valence-corrected chi connectivity index (χ1v) is 7.98. The smallest absolute Gasteiger partial charge is 0.315 e. The standard InChI is InChI=1S/C13H16O5S/c1-2-17-11-5-3-4-6-12(11)18-13(14)10-7-8-19(15,16)9-10/h3-6,10H,2,7-9H2,1H3. The molecule has 0 radical (unpaired) electrons. The van der Waals surface area contributed by atoms with Crippen molar-refractivity contribution < 1.29 is 22.7 Å². The highest BCUT2D eigenvalue weighted by Crippen LogP contribution is 2.28. The zero-order valence-electron chi connectivity index (χ0n) is 10.7. The Balaban J connectivity index is 2.07. The number of benzene rings is 1. The van der Waals surface area contributed by atoms with Crippen LogP contribution in [0.3, 0.4) is 0 Å². The zero-order chi connectivity index (χ0) is 13.9. The fourth-order valence-corrected chi connectivity index (χ4v) is 3.71. The second-order valence-electron chi connectivity index (χ2n) is 4.40. The van der Waals surface area contributed by atoms with Gasteiger partial charge in [0.15, 0.2) is 21.3 Å². The average Bonchev–Trinajstić information content (AvgIpc) is 2.73. The molecule has 0 saturated carbocycles. The summed E-state index contributed by atoms with van der Waals surface area (Å²) in [5, 5.41) is 0. The molecule has 1 atom stereocenters. The first-order chi connectivity index (χ1) is 9.02. The van der Waals surface area contributed by atoms with Gasteiger partial charge in [-0.1, -0.05) is 12.1 Å². The van der Waals surface area contributed by atoms with Crippen LogP contribution >= 0.6 is 0 Å². The van der Waals surface area contributed by atoms with Gasteiger partial charge in [0.25, 0.3) is 0 Å². The molecule has 0 spiro atoms. The van der Waals surface area contributed by atoms with Crippen LogP contribution in [0.15, 0.2) is 24.3 Å². The van der Waals surface area contributed by atoms with Gasteiger partial charge < -0.3 is 9.47 Å². The van der Waals surface area contributed by atoms with Crippen molar-refractivity contribution in [1.29, 1.82) is 0 Å². The molecule has 5 nitrogen and oxygen atoms in total. The average molecular weight is 284 g/mol. The molecule has 0 N–H and O–H groups in total. The van der Waals surface area contributed by atoms with Gasteiger partial charge >= 0.3 is 5.97 Å². The Labute approximate surface area is 112 Å². The lowest BCUT2D eigenvalue weighted by molar-refractivity contribution is -0.138. The lowest BCUT2D eigenvalue weighted by atomic mass is 10.1. The van der Waals surface area contributed by atoms with Crippen molar-refractivity contribution in [2.24, 2.45) is 5.92 Å². The number of esters is 1. The van der Waals surface area contributed by atoms with Crippen LogP contribution in [0.5, 0.6) is 11.5 Å². The minimum atomic E-state index is -3.09. The van der Waals surface area contributed by atoms with Gasteiger partial charge in [-0.05, 0) is 25.5 Å². The molecule has 6 heteroatoms. The molecular formula is C13H16O5S. The molecule has 1 aliphatic rings. The van der Waals surface area contributed by atoms with Gasteiger partial charge in [0, 0.05) is 0 Å². The van der Waals surface area contributed by atoms with E-state index in [0.29, 0.717) is 24.5 Å². The quantitative estimate of drug-likeness (QED) is 0.618. The van der Waals surface area contributed by atoms with Crippen molar-refractivity contribution in [3.63, 3.8) is 0 Å². The van der Waals surface area contributed by atoms with Crippen LogP contribution in [0.25, 0.3) is 0 Å². The van der Waals surface area contributed by atoms with Crippen LogP contribution < -0.4 is 9.47 Å². The van der Waals surface area contributed by atoms with E-state index in [0.717, 1.165) is 0 Å². The zero-order valence-corrected chi connectivity index (χ0v) is 11.5. The predicted molar refractivity (Wildman–Crippen MR) is 70.0 cm³/mol. The van der Waals surface area contributed by atoms with E-state index in [4.69, 9.17) is 9.47 Å². The van der Waals surface area contributed by atoms with Crippen molar-refractivity contribution in [2.45, 2.75) is 13.3 Å². The third-order valence-electron chi connectivity index (χ3n) is 2.93. The van der Waals surface area contributed by atoms with Crippen LogP contribution in [0.1, 0.15) is 13.3 Å². The Morgan fingerprint density at radius 1 is 1.32 bits per heavy atom. The van der Waals surface area contributed by atoms with Crippen LogP contribution in [0.4, 0.5) is 0 Å². The van der Waals surface area contributed by atoms with E-state index in [1.165, 1.54) is 0 Å². The minimum Gasteiger partial charge on any atom is -0.490 e. The number of hydrogen-bond acceptors (Lipinski definition) is 5. The first-order valence-electron chi connectivity index (χ1n) is 6.16. The van der Waals surface area contributed by atoms with E-state index in [9.17, 15) is 13.2 Å². The van der Waals surface area contributed by atoms with Crippen LogP contribution in [-0.2, 0) is 14.6 Å². The SMILES string of the molecule is CCOc1ccccc1OC(=O)C1CCS(=O)(=O)C1. The van der Waals surface area contributed by atoms with E-state index in [2.05, 4.69) is 0 Å². The summed E-state index contributed by atoms with van der Waals surface area (Å²) in [6, 6.07) is 6.85. The van der Waals surface area contributed by atoms with Crippen molar-refractivity contribution in [2.75, 3.05) is 18.1 Å². The molecule has 0 aliphatic carbocycles. The third-order valence-corrected chi connectivity index (χ3v) is 4.69. The summed E-state index contributed by atoms with van der Waals surface area (Å²) >= 11 is 0. The number of carbonyl (C=O) groups excluding carboxylic acids is 1. The van der Waals surface area contributed by atoms with Gasteiger partial charge in [0.05, 0.1) is 24.0 Å². The molecule has 19 heavy (non-hydrogen) atoms. The van der Waals surface area contributed by atoms with Crippen LogP contribution in [0.2, 0.25) is 0 Å². The lowest BCUT2D eigenvalue weighted by Gasteiger charge is -2.12. The van der Waals surface area contributed by atoms with Crippen molar-refractivity contribution in [3.05, 3.63) is 24.3 Å². The molecule has 1 aromatic rings. The second kappa shape index (κ2) is 5.61. The Bertz CT molecular complexity index is 564. The topological polar surface area (TPSA) is 69.7 Å². The summed E-state index contributed by atoms with van der Waals surface area (Å²) in [5.41, 5.74) is 0. The van der Waals surface area contributed by atoms with E-state index >= 15 is 0 Å². The molecule has 1 unspecified atom stereocenters. The van der Waals surface area contributed by atoms with Crippen molar-refractivity contribution in [1.82, 2.24) is 0 Å². The summed E-state index contributed by atoms with van der Waals surface area (Å²) in [4.78, 5) is 11.9. The van der Waals surface area contributed by atoms with E-state index in [-0.39, 0.29) is 11.5 Å². The molecule has 1 saturated heterocycles. The van der Waals surface area contributed by atoms with E-state index in [1.807, 2.05) is 6.92 Å². The molecule has 104 valence electrons. The minimum absolute atomic E-state index is 0.0554. The predicted octanol–water partition coefficient (Wildman–Crippen LogP) is 1.43. The van der Waals surface area contributed by atoms with Crippen LogP contribution in [0, 0.1) is 5.92 Å². The van der Waals surface area contributed by atoms with Gasteiger partial charge in [-0.25, -0.2) is 8.42 Å². The summed E-state index contributed by atoms with van der Waals surface area (Å²) < 4.78 is 33.3. The number of hydrogen-bond donors (Lipinski definition) is 0. The fraction of sp³-hybridized carbons (Fsp3) is 0.462. The Morgan fingerprint density at radius 3 is 2.58 bits per heavy atom. The maximum absolute atomic E-state index is 11.9. The summed E-state index contributed by atoms with van der Waals surface area (Å²) in [6.45, 7) is 2.30. The maximum Gasteiger partial charge on any atom is 0.315 e. The monoisotopic (exact) mass is 284 g/mol. The molecule has 0 amide bonds. The fourth-order valence-electron chi connectivity index (χ4n) is 1.98. The van der Waals surface area contributed by atoms with Crippen LogP contribution in [-0.4, -0.2) is 32.5 Å². The highest BCUT2D eigenvalue weighted by atomic mass is 32.2. The normalized spacial score (nSPS) is 21.0. The number of carbonyl (C=O) groups is 1. The molecule has 1 heterocycles. The molecule has 1 aliphatic heterocycles. The summed E-state index contributed by atoms with van der Waals surface area (Å²) in [5.74, 6) is -0.326. The number of para-hydroxylation sites is 2. The van der Waals surface area contributed by atoms with Gasteiger partial charge in [-0.3, -0.25) is 4.79 Å². The van der Waals surface area contributed by atoms with E-state index in [1.54, 1.807) is 24.3 Å². The van der Waals surface area contributed by atoms with Gasteiger partial charge in [-0.2, -0.15) is 0 Å². The van der Waals surface area contributed by atoms with Gasteiger partial charge in [-0.15, -0.1) is 0 Å². The number of sulfone groups is 1. The molecule has 0 bridgehead atoms. The molecule has 1 aromatic carbocycles. The molecular weight excluding hydrogens is 268 g/mol. The summed E-state index contributed by atoms with van der Waals surface area (Å²) in [6.07, 6.45) is 0.331.